The van der Waals surface area contributed by atoms with Crippen LogP contribution in [0.2, 0.25) is 0 Å². The molecule has 0 saturated carbocycles. The molecule has 1 amide bonds. The number of aromatic hydroxyl groups is 2. The number of benzene rings is 2. The average molecular weight is 399 g/mol. The van der Waals surface area contributed by atoms with Crippen LogP contribution in [0, 0.1) is 0 Å². The van der Waals surface area contributed by atoms with E-state index in [1.165, 1.54) is 24.3 Å². The molecule has 1 aliphatic heterocycles. The van der Waals surface area contributed by atoms with Gasteiger partial charge in [-0.25, -0.2) is 0 Å². The Kier molecular flexibility index (Phi) is 6.46. The Bertz CT molecular complexity index is 912. The predicted molar refractivity (Wildman–Crippen MR) is 103 cm³/mol. The van der Waals surface area contributed by atoms with E-state index in [4.69, 9.17) is 9.47 Å². The van der Waals surface area contributed by atoms with Gasteiger partial charge in [0.25, 0.3) is 5.91 Å². The highest BCUT2D eigenvalue weighted by atomic mass is 16.5. The average Bonchev–Trinajstić information content (AvgIpc) is 2.73. The van der Waals surface area contributed by atoms with Gasteiger partial charge in [-0.1, -0.05) is 12.1 Å². The van der Waals surface area contributed by atoms with E-state index >= 15 is 0 Å². The maximum Gasteiger partial charge on any atom is 0.254 e. The molecule has 152 valence electrons. The van der Waals surface area contributed by atoms with Crippen LogP contribution in [0.4, 0.5) is 0 Å². The Hall–Kier alpha value is -3.39. The first-order valence-corrected chi connectivity index (χ1v) is 9.13. The SMILES string of the molecule is O=Cc1c(O)cccc1OCC[C@H]1CN(C(=O)c2cccc(O)c2C=O)CCO1. The third kappa shape index (κ3) is 4.55. The van der Waals surface area contributed by atoms with Crippen LogP contribution in [0.3, 0.4) is 0 Å². The van der Waals surface area contributed by atoms with Crippen molar-refractivity contribution in [1.82, 2.24) is 4.90 Å². The standard InChI is InChI=1S/C21H21NO7/c23-12-16-15(3-1-4-18(16)25)21(27)22-8-10-28-14(11-22)7-9-29-20-6-2-5-19(26)17(20)13-24/h1-6,12-14,25-26H,7-11H2/t14-/m0/s1. The van der Waals surface area contributed by atoms with Crippen molar-refractivity contribution in [3.63, 3.8) is 0 Å². The highest BCUT2D eigenvalue weighted by Gasteiger charge is 2.27. The Morgan fingerprint density at radius 3 is 2.52 bits per heavy atom. The molecular weight excluding hydrogens is 378 g/mol. The second-order valence-corrected chi connectivity index (χ2v) is 6.54. The number of amides is 1. The maximum absolute atomic E-state index is 12.8. The van der Waals surface area contributed by atoms with Crippen LogP contribution in [0.5, 0.6) is 17.2 Å². The van der Waals surface area contributed by atoms with Gasteiger partial charge in [0.2, 0.25) is 0 Å². The van der Waals surface area contributed by atoms with Crippen LogP contribution in [-0.2, 0) is 4.74 Å². The van der Waals surface area contributed by atoms with Crippen molar-refractivity contribution in [2.45, 2.75) is 12.5 Å². The summed E-state index contributed by atoms with van der Waals surface area (Å²) in [6.07, 6.45) is 1.16. The van der Waals surface area contributed by atoms with Gasteiger partial charge in [0.15, 0.2) is 12.6 Å². The van der Waals surface area contributed by atoms with Crippen molar-refractivity contribution >= 4 is 18.5 Å². The van der Waals surface area contributed by atoms with Crippen molar-refractivity contribution in [1.29, 1.82) is 0 Å². The summed E-state index contributed by atoms with van der Waals surface area (Å²) < 4.78 is 11.3. The highest BCUT2D eigenvalue weighted by Crippen LogP contribution is 2.26. The van der Waals surface area contributed by atoms with E-state index in [0.717, 1.165) is 0 Å². The van der Waals surface area contributed by atoms with E-state index < -0.39 is 0 Å². The summed E-state index contributed by atoms with van der Waals surface area (Å²) in [4.78, 5) is 36.7. The van der Waals surface area contributed by atoms with Gasteiger partial charge in [-0.15, -0.1) is 0 Å². The van der Waals surface area contributed by atoms with E-state index in [9.17, 15) is 24.6 Å². The fraction of sp³-hybridized carbons (Fsp3) is 0.286. The van der Waals surface area contributed by atoms with Crippen LogP contribution >= 0.6 is 0 Å². The Morgan fingerprint density at radius 1 is 1.10 bits per heavy atom. The molecule has 1 heterocycles. The fourth-order valence-corrected chi connectivity index (χ4v) is 3.19. The topological polar surface area (TPSA) is 113 Å². The summed E-state index contributed by atoms with van der Waals surface area (Å²) >= 11 is 0. The zero-order valence-corrected chi connectivity index (χ0v) is 15.6. The molecule has 0 aromatic heterocycles. The summed E-state index contributed by atoms with van der Waals surface area (Å²) in [5, 5.41) is 19.5. The molecular formula is C21H21NO7. The largest absolute Gasteiger partial charge is 0.507 e. The zero-order chi connectivity index (χ0) is 20.8. The number of rotatable bonds is 7. The van der Waals surface area contributed by atoms with E-state index in [0.29, 0.717) is 38.7 Å². The summed E-state index contributed by atoms with van der Waals surface area (Å²) in [6.45, 7) is 1.22. The molecule has 0 aliphatic carbocycles. The summed E-state index contributed by atoms with van der Waals surface area (Å²) in [5.41, 5.74) is 0.195. The van der Waals surface area contributed by atoms with Gasteiger partial charge in [0.05, 0.1) is 36.0 Å². The molecule has 1 fully saturated rings. The molecule has 3 rings (SSSR count). The molecule has 1 aliphatic rings. The summed E-state index contributed by atoms with van der Waals surface area (Å²) in [7, 11) is 0. The normalized spacial score (nSPS) is 16.3. The quantitative estimate of drug-likeness (QED) is 0.685. The van der Waals surface area contributed by atoms with E-state index in [2.05, 4.69) is 0 Å². The minimum Gasteiger partial charge on any atom is -0.507 e. The van der Waals surface area contributed by atoms with Gasteiger partial charge in [0.1, 0.15) is 17.2 Å². The van der Waals surface area contributed by atoms with Crippen molar-refractivity contribution in [2.24, 2.45) is 0 Å². The lowest BCUT2D eigenvalue weighted by atomic mass is 10.1. The number of hydrogen-bond acceptors (Lipinski definition) is 7. The first-order chi connectivity index (χ1) is 14.0. The third-order valence-corrected chi connectivity index (χ3v) is 4.72. The van der Waals surface area contributed by atoms with Crippen molar-refractivity contribution in [3.05, 3.63) is 53.1 Å². The van der Waals surface area contributed by atoms with E-state index in [1.54, 1.807) is 17.0 Å². The summed E-state index contributed by atoms with van der Waals surface area (Å²) in [5.74, 6) is -0.464. The molecule has 0 unspecified atom stereocenters. The monoisotopic (exact) mass is 399 g/mol. The highest BCUT2D eigenvalue weighted by molar-refractivity contribution is 6.02. The number of carbonyl (C=O) groups excluding carboxylic acids is 3. The Morgan fingerprint density at radius 2 is 1.79 bits per heavy atom. The third-order valence-electron chi connectivity index (χ3n) is 4.72. The molecule has 0 bridgehead atoms. The number of morpholine rings is 1. The number of carbonyl (C=O) groups is 3. The molecule has 8 nitrogen and oxygen atoms in total. The first-order valence-electron chi connectivity index (χ1n) is 9.13. The second kappa shape index (κ2) is 9.20. The van der Waals surface area contributed by atoms with Gasteiger partial charge >= 0.3 is 0 Å². The molecule has 8 heteroatoms. The molecule has 0 radical (unpaired) electrons. The van der Waals surface area contributed by atoms with Crippen LogP contribution in [-0.4, -0.2) is 66.0 Å². The second-order valence-electron chi connectivity index (χ2n) is 6.54. The van der Waals surface area contributed by atoms with Crippen molar-refractivity contribution in [2.75, 3.05) is 26.3 Å². The van der Waals surface area contributed by atoms with Crippen LogP contribution in [0.25, 0.3) is 0 Å². The van der Waals surface area contributed by atoms with E-state index in [-0.39, 0.29) is 52.6 Å². The number of aldehydes is 2. The van der Waals surface area contributed by atoms with Gasteiger partial charge in [-0.3, -0.25) is 14.4 Å². The molecule has 29 heavy (non-hydrogen) atoms. The lowest BCUT2D eigenvalue weighted by molar-refractivity contribution is -0.0294. The number of phenols is 2. The first kappa shape index (κ1) is 20.3. The molecule has 1 saturated heterocycles. The minimum atomic E-state index is -0.353. The Balaban J connectivity index is 1.61. The molecule has 0 spiro atoms. The maximum atomic E-state index is 12.8. The van der Waals surface area contributed by atoms with Gasteiger partial charge < -0.3 is 24.6 Å². The molecule has 2 N–H and O–H groups in total. The molecule has 2 aromatic carbocycles. The van der Waals surface area contributed by atoms with Crippen molar-refractivity contribution < 1.29 is 34.1 Å². The lowest BCUT2D eigenvalue weighted by Gasteiger charge is -2.33. The number of nitrogens with zero attached hydrogens (tertiary/aromatic N) is 1. The zero-order valence-electron chi connectivity index (χ0n) is 15.6. The van der Waals surface area contributed by atoms with Gasteiger partial charge in [0, 0.05) is 19.5 Å². The van der Waals surface area contributed by atoms with Gasteiger partial charge in [-0.2, -0.15) is 0 Å². The van der Waals surface area contributed by atoms with Crippen LogP contribution in [0.1, 0.15) is 37.5 Å². The predicted octanol–water partition coefficient (Wildman–Crippen LogP) is 2.03. The number of phenolic OH excluding ortho intramolecular Hbond substituents is 2. The van der Waals surface area contributed by atoms with E-state index in [1.807, 2.05) is 0 Å². The van der Waals surface area contributed by atoms with Crippen LogP contribution < -0.4 is 4.74 Å². The van der Waals surface area contributed by atoms with Crippen molar-refractivity contribution in [3.8, 4) is 17.2 Å². The molecule has 1 atom stereocenters. The Labute approximate surface area is 167 Å². The number of hydrogen-bond donors (Lipinski definition) is 2. The van der Waals surface area contributed by atoms with Crippen LogP contribution in [0.15, 0.2) is 36.4 Å². The smallest absolute Gasteiger partial charge is 0.254 e. The number of ether oxygens (including phenoxy) is 2. The van der Waals surface area contributed by atoms with Gasteiger partial charge in [-0.05, 0) is 24.3 Å². The lowest BCUT2D eigenvalue weighted by Crippen LogP contribution is -2.46. The minimum absolute atomic E-state index is 0.0332. The fourth-order valence-electron chi connectivity index (χ4n) is 3.19. The molecule has 2 aromatic rings. The summed E-state index contributed by atoms with van der Waals surface area (Å²) in [6, 6.07) is 8.94.